The van der Waals surface area contributed by atoms with Crippen molar-refractivity contribution >= 4 is 29.7 Å². The van der Waals surface area contributed by atoms with Gasteiger partial charge in [0, 0.05) is 40.2 Å². The minimum absolute atomic E-state index is 0.00813. The summed E-state index contributed by atoms with van der Waals surface area (Å²) < 4.78 is 44.0. The molecule has 0 saturated carbocycles. The second-order valence-corrected chi connectivity index (χ2v) is 9.94. The Morgan fingerprint density at radius 2 is 1.41 bits per heavy atom. The number of phenols is 1. The van der Waals surface area contributed by atoms with Crippen molar-refractivity contribution in [2.75, 3.05) is 19.8 Å². The predicted molar refractivity (Wildman–Crippen MR) is 146 cm³/mol. The lowest BCUT2D eigenvalue weighted by molar-refractivity contribution is -0.288. The number of carbonyl (C=O) groups is 5. The Hall–Kier alpha value is -4.85. The molecule has 1 N–H and O–H groups in total. The van der Waals surface area contributed by atoms with Crippen LogP contribution in [0.4, 0.5) is 0 Å². The molecule has 0 radical (unpaired) electrons. The summed E-state index contributed by atoms with van der Waals surface area (Å²) in [7, 11) is 0. The van der Waals surface area contributed by atoms with Gasteiger partial charge in [0.25, 0.3) is 0 Å². The van der Waals surface area contributed by atoms with E-state index in [9.17, 15) is 29.1 Å². The van der Waals surface area contributed by atoms with E-state index in [1.165, 1.54) is 12.1 Å². The van der Waals surface area contributed by atoms with Crippen molar-refractivity contribution in [1.82, 2.24) is 0 Å². The number of rotatable bonds is 10. The first-order valence-corrected chi connectivity index (χ1v) is 13.6. The predicted octanol–water partition coefficient (Wildman–Crippen LogP) is 2.05. The SMILES string of the molecule is CC(=O)OC[C@@H]1O[C@H](Oc2ccc(C(=O)Cc3ccc4c(c3)OCCO4)c(O)c2)[C@H](OC(C)=O)[C@H](OC(C)=O)[C@H]1OC(C)=O. The lowest BCUT2D eigenvalue weighted by Gasteiger charge is -2.43. The lowest BCUT2D eigenvalue weighted by atomic mass is 9.98. The molecule has 0 amide bonds. The molecule has 44 heavy (non-hydrogen) atoms. The highest BCUT2D eigenvalue weighted by molar-refractivity contribution is 6.00. The molecule has 0 spiro atoms. The Labute approximate surface area is 252 Å². The van der Waals surface area contributed by atoms with Gasteiger partial charge in [0.1, 0.15) is 37.4 Å². The summed E-state index contributed by atoms with van der Waals surface area (Å²) in [4.78, 5) is 60.5. The van der Waals surface area contributed by atoms with Crippen LogP contribution in [0.15, 0.2) is 36.4 Å². The number of Topliss-reactive ketones (excluding diaryl/α,β-unsaturated/α-hetero) is 1. The standard InChI is InChI=1S/C30H32O14/c1-15(31)39-14-26-27(40-16(2)32)28(41-17(3)33)29(42-18(4)34)30(44-26)43-20-6-7-21(23(36)13-20)22(35)11-19-5-8-24-25(12-19)38-10-9-37-24/h5-8,12-13,26-30,36H,9-11,14H2,1-4H3/t26-,27-,28+,29+,30-/m0/s1. The van der Waals surface area contributed by atoms with Crippen molar-refractivity contribution in [3.63, 3.8) is 0 Å². The summed E-state index contributed by atoms with van der Waals surface area (Å²) in [5.41, 5.74) is 0.658. The van der Waals surface area contributed by atoms with E-state index in [1.807, 2.05) is 0 Å². The number of ketones is 1. The van der Waals surface area contributed by atoms with Crippen molar-refractivity contribution in [3.05, 3.63) is 47.5 Å². The molecular weight excluding hydrogens is 584 g/mol. The minimum Gasteiger partial charge on any atom is -0.507 e. The number of phenolic OH excluding ortho intramolecular Hbond substituents is 1. The van der Waals surface area contributed by atoms with Crippen LogP contribution < -0.4 is 14.2 Å². The molecule has 5 atom stereocenters. The number of hydrogen-bond acceptors (Lipinski definition) is 14. The maximum atomic E-state index is 13.0. The molecule has 1 saturated heterocycles. The highest BCUT2D eigenvalue weighted by Crippen LogP contribution is 2.34. The molecule has 0 aromatic heterocycles. The third kappa shape index (κ3) is 8.16. The number of hydrogen-bond donors (Lipinski definition) is 1. The monoisotopic (exact) mass is 616 g/mol. The zero-order valence-corrected chi connectivity index (χ0v) is 24.4. The minimum atomic E-state index is -1.51. The third-order valence-corrected chi connectivity index (χ3v) is 6.44. The van der Waals surface area contributed by atoms with Gasteiger partial charge < -0.3 is 43.0 Å². The van der Waals surface area contributed by atoms with Crippen LogP contribution in [0.5, 0.6) is 23.0 Å². The average Bonchev–Trinajstić information content (AvgIpc) is 2.94. The molecule has 1 fully saturated rings. The van der Waals surface area contributed by atoms with Crippen molar-refractivity contribution in [2.45, 2.75) is 64.8 Å². The number of carbonyl (C=O) groups excluding carboxylic acids is 5. The van der Waals surface area contributed by atoms with Crippen LogP contribution in [0.25, 0.3) is 0 Å². The van der Waals surface area contributed by atoms with Crippen LogP contribution in [0.1, 0.15) is 43.6 Å². The second-order valence-electron chi connectivity index (χ2n) is 9.94. The summed E-state index contributed by atoms with van der Waals surface area (Å²) >= 11 is 0. The van der Waals surface area contributed by atoms with Gasteiger partial charge in [-0.3, -0.25) is 24.0 Å². The molecule has 14 nitrogen and oxygen atoms in total. The summed E-state index contributed by atoms with van der Waals surface area (Å²) in [5.74, 6) is -2.74. The molecule has 0 bridgehead atoms. The Morgan fingerprint density at radius 3 is 2.05 bits per heavy atom. The zero-order valence-electron chi connectivity index (χ0n) is 24.4. The Bertz CT molecular complexity index is 1420. The van der Waals surface area contributed by atoms with E-state index in [-0.39, 0.29) is 17.7 Å². The average molecular weight is 617 g/mol. The Kier molecular flexibility index (Phi) is 10.3. The quantitative estimate of drug-likeness (QED) is 0.233. The number of fused-ring (bicyclic) bond motifs is 1. The zero-order chi connectivity index (χ0) is 32.0. The first-order valence-electron chi connectivity index (χ1n) is 13.6. The van der Waals surface area contributed by atoms with Crippen LogP contribution in [-0.4, -0.2) is 85.3 Å². The molecule has 236 valence electrons. The van der Waals surface area contributed by atoms with Crippen molar-refractivity contribution in [3.8, 4) is 23.0 Å². The normalized spacial score (nSPS) is 22.2. The van der Waals surface area contributed by atoms with Crippen molar-refractivity contribution < 1.29 is 67.0 Å². The molecule has 2 aliphatic heterocycles. The molecule has 2 heterocycles. The summed E-state index contributed by atoms with van der Waals surface area (Å²) in [5, 5.41) is 10.7. The first-order chi connectivity index (χ1) is 20.9. The summed E-state index contributed by atoms with van der Waals surface area (Å²) in [6, 6.07) is 9.02. The second kappa shape index (κ2) is 14.1. The maximum Gasteiger partial charge on any atom is 0.303 e. The van der Waals surface area contributed by atoms with E-state index in [4.69, 9.17) is 37.9 Å². The maximum absolute atomic E-state index is 13.0. The van der Waals surface area contributed by atoms with Crippen LogP contribution in [0.2, 0.25) is 0 Å². The van der Waals surface area contributed by atoms with Crippen LogP contribution in [-0.2, 0) is 49.3 Å². The first kappa shape index (κ1) is 32.1. The van der Waals surface area contributed by atoms with Crippen molar-refractivity contribution in [1.29, 1.82) is 0 Å². The Morgan fingerprint density at radius 1 is 0.773 bits per heavy atom. The smallest absolute Gasteiger partial charge is 0.303 e. The summed E-state index contributed by atoms with van der Waals surface area (Å²) in [6.45, 7) is 4.86. The van der Waals surface area contributed by atoms with Gasteiger partial charge >= 0.3 is 23.9 Å². The molecular formula is C30H32O14. The molecule has 4 rings (SSSR count). The molecule has 2 aromatic rings. The van der Waals surface area contributed by atoms with Gasteiger partial charge in [-0.25, -0.2) is 0 Å². The van der Waals surface area contributed by atoms with Gasteiger partial charge in [0.15, 0.2) is 29.5 Å². The van der Waals surface area contributed by atoms with E-state index in [0.29, 0.717) is 30.3 Å². The van der Waals surface area contributed by atoms with Crippen molar-refractivity contribution in [2.24, 2.45) is 0 Å². The van der Waals surface area contributed by atoms with Gasteiger partial charge in [-0.2, -0.15) is 0 Å². The number of benzene rings is 2. The molecule has 2 aromatic carbocycles. The van der Waals surface area contributed by atoms with E-state index < -0.39 is 72.7 Å². The molecule has 2 aliphatic rings. The fraction of sp³-hybridized carbons (Fsp3) is 0.433. The number of ether oxygens (including phenoxy) is 8. The fourth-order valence-electron chi connectivity index (χ4n) is 4.72. The van der Waals surface area contributed by atoms with E-state index in [2.05, 4.69) is 0 Å². The Balaban J connectivity index is 1.57. The van der Waals surface area contributed by atoms with E-state index in [0.717, 1.165) is 33.8 Å². The van der Waals surface area contributed by atoms with Gasteiger partial charge in [-0.05, 0) is 29.8 Å². The summed E-state index contributed by atoms with van der Waals surface area (Å²) in [6.07, 6.45) is -7.01. The number of aromatic hydroxyl groups is 1. The topological polar surface area (TPSA) is 179 Å². The van der Waals surface area contributed by atoms with Crippen LogP contribution in [0, 0.1) is 0 Å². The van der Waals surface area contributed by atoms with Crippen LogP contribution >= 0.6 is 0 Å². The fourth-order valence-corrected chi connectivity index (χ4v) is 4.72. The molecule has 0 aliphatic carbocycles. The highest BCUT2D eigenvalue weighted by atomic mass is 16.7. The van der Waals surface area contributed by atoms with E-state index >= 15 is 0 Å². The molecule has 14 heteroatoms. The van der Waals surface area contributed by atoms with Gasteiger partial charge in [0.05, 0.1) is 5.56 Å². The van der Waals surface area contributed by atoms with Crippen LogP contribution in [0.3, 0.4) is 0 Å². The highest BCUT2D eigenvalue weighted by Gasteiger charge is 2.53. The van der Waals surface area contributed by atoms with Gasteiger partial charge in [-0.1, -0.05) is 6.07 Å². The number of esters is 4. The third-order valence-electron chi connectivity index (χ3n) is 6.44. The van der Waals surface area contributed by atoms with Gasteiger partial charge in [-0.15, -0.1) is 0 Å². The largest absolute Gasteiger partial charge is 0.507 e. The van der Waals surface area contributed by atoms with Gasteiger partial charge in [0.2, 0.25) is 12.4 Å². The lowest BCUT2D eigenvalue weighted by Crippen LogP contribution is -2.63. The van der Waals surface area contributed by atoms with E-state index in [1.54, 1.807) is 18.2 Å². The molecule has 0 unspecified atom stereocenters.